The number of pyridine rings is 1. The lowest BCUT2D eigenvalue weighted by molar-refractivity contribution is 0.200. The molecule has 0 aliphatic rings. The fourth-order valence-electron chi connectivity index (χ4n) is 3.24. The van der Waals surface area contributed by atoms with E-state index in [4.69, 9.17) is 14.2 Å². The van der Waals surface area contributed by atoms with Gasteiger partial charge in [-0.15, -0.1) is 21.5 Å². The molecule has 1 aromatic carbocycles. The SMILES string of the molecule is CCC(CC)n1cc(OC(=O)NCc2nncs2)c2cc(OC)c(OC)cc2c1=O. The number of nitrogens with one attached hydrogen (secondary N) is 1. The Morgan fingerprint density at radius 2 is 1.80 bits per heavy atom. The smallest absolute Gasteiger partial charge is 0.413 e. The molecule has 0 saturated carbocycles. The van der Waals surface area contributed by atoms with Crippen LogP contribution in [0.1, 0.15) is 37.7 Å². The van der Waals surface area contributed by atoms with Gasteiger partial charge < -0.3 is 24.1 Å². The number of nitrogens with zero attached hydrogens (tertiary/aromatic N) is 3. The number of hydrogen-bond acceptors (Lipinski definition) is 8. The average molecular weight is 433 g/mol. The minimum Gasteiger partial charge on any atom is -0.493 e. The Morgan fingerprint density at radius 3 is 2.37 bits per heavy atom. The number of carbonyl (C=O) groups excluding carboxylic acids is 1. The van der Waals surface area contributed by atoms with Gasteiger partial charge in [-0.25, -0.2) is 4.79 Å². The summed E-state index contributed by atoms with van der Waals surface area (Å²) in [7, 11) is 3.01. The third-order valence-electron chi connectivity index (χ3n) is 4.84. The van der Waals surface area contributed by atoms with Crippen molar-refractivity contribution in [2.75, 3.05) is 14.2 Å². The van der Waals surface area contributed by atoms with Gasteiger partial charge >= 0.3 is 6.09 Å². The van der Waals surface area contributed by atoms with Gasteiger partial charge in [-0.2, -0.15) is 0 Å². The van der Waals surface area contributed by atoms with E-state index in [1.54, 1.807) is 28.4 Å². The highest BCUT2D eigenvalue weighted by Gasteiger charge is 2.19. The van der Waals surface area contributed by atoms with Crippen LogP contribution in [-0.4, -0.2) is 35.1 Å². The van der Waals surface area contributed by atoms with Gasteiger partial charge in [0.25, 0.3) is 5.56 Å². The minimum absolute atomic E-state index is 0.0261. The molecule has 2 aromatic heterocycles. The summed E-state index contributed by atoms with van der Waals surface area (Å²) in [5, 5.41) is 11.8. The molecule has 2 heterocycles. The van der Waals surface area contributed by atoms with Crippen molar-refractivity contribution >= 4 is 28.2 Å². The van der Waals surface area contributed by atoms with Gasteiger partial charge in [0, 0.05) is 11.4 Å². The van der Waals surface area contributed by atoms with Crippen LogP contribution in [0.4, 0.5) is 4.79 Å². The lowest BCUT2D eigenvalue weighted by atomic mass is 10.1. The number of amides is 1. The summed E-state index contributed by atoms with van der Waals surface area (Å²) in [6, 6.07) is 3.23. The highest BCUT2D eigenvalue weighted by Crippen LogP contribution is 2.35. The molecule has 0 aliphatic carbocycles. The number of carbonyl (C=O) groups is 1. The first-order valence-corrected chi connectivity index (χ1v) is 10.4. The van der Waals surface area contributed by atoms with Crippen molar-refractivity contribution in [3.8, 4) is 17.2 Å². The average Bonchev–Trinajstić information content (AvgIpc) is 3.28. The second-order valence-electron chi connectivity index (χ2n) is 6.50. The predicted molar refractivity (Wildman–Crippen MR) is 114 cm³/mol. The van der Waals surface area contributed by atoms with E-state index in [2.05, 4.69) is 15.5 Å². The summed E-state index contributed by atoms with van der Waals surface area (Å²) in [5.74, 6) is 1.12. The maximum atomic E-state index is 13.2. The molecule has 160 valence electrons. The van der Waals surface area contributed by atoms with Crippen molar-refractivity contribution < 1.29 is 19.0 Å². The van der Waals surface area contributed by atoms with Crippen LogP contribution in [0.25, 0.3) is 10.8 Å². The largest absolute Gasteiger partial charge is 0.493 e. The van der Waals surface area contributed by atoms with Crippen LogP contribution in [0.3, 0.4) is 0 Å². The van der Waals surface area contributed by atoms with E-state index < -0.39 is 6.09 Å². The quantitative estimate of drug-likeness (QED) is 0.581. The molecule has 3 rings (SSSR count). The van der Waals surface area contributed by atoms with Crippen LogP contribution in [0.2, 0.25) is 0 Å². The zero-order valence-corrected chi connectivity index (χ0v) is 18.1. The number of methoxy groups -OCH3 is 2. The van der Waals surface area contributed by atoms with Crippen LogP contribution in [0, 0.1) is 0 Å². The van der Waals surface area contributed by atoms with Crippen molar-refractivity contribution in [2.45, 2.75) is 39.3 Å². The van der Waals surface area contributed by atoms with Gasteiger partial charge in [-0.05, 0) is 25.0 Å². The van der Waals surface area contributed by atoms with E-state index in [9.17, 15) is 9.59 Å². The number of ether oxygens (including phenoxy) is 3. The van der Waals surface area contributed by atoms with E-state index in [-0.39, 0.29) is 23.9 Å². The predicted octanol–water partition coefficient (Wildman–Crippen LogP) is 3.52. The molecule has 0 bridgehead atoms. The zero-order chi connectivity index (χ0) is 21.7. The lowest BCUT2D eigenvalue weighted by Crippen LogP contribution is -2.28. The van der Waals surface area contributed by atoms with Gasteiger partial charge in [-0.3, -0.25) is 4.79 Å². The van der Waals surface area contributed by atoms with E-state index >= 15 is 0 Å². The Balaban J connectivity index is 2.06. The van der Waals surface area contributed by atoms with Crippen molar-refractivity contribution in [1.82, 2.24) is 20.1 Å². The van der Waals surface area contributed by atoms with Crippen molar-refractivity contribution in [2.24, 2.45) is 0 Å². The number of hydrogen-bond donors (Lipinski definition) is 1. The molecule has 0 saturated heterocycles. The van der Waals surface area contributed by atoms with Crippen LogP contribution >= 0.6 is 11.3 Å². The lowest BCUT2D eigenvalue weighted by Gasteiger charge is -2.20. The van der Waals surface area contributed by atoms with Crippen molar-refractivity contribution in [3.63, 3.8) is 0 Å². The summed E-state index contributed by atoms with van der Waals surface area (Å²) in [5.41, 5.74) is 1.40. The Labute approximate surface area is 177 Å². The zero-order valence-electron chi connectivity index (χ0n) is 17.3. The van der Waals surface area contributed by atoms with Crippen molar-refractivity contribution in [3.05, 3.63) is 39.2 Å². The number of aromatic nitrogens is 3. The highest BCUT2D eigenvalue weighted by molar-refractivity contribution is 7.09. The third-order valence-corrected chi connectivity index (χ3v) is 5.54. The van der Waals surface area contributed by atoms with E-state index in [0.29, 0.717) is 27.3 Å². The van der Waals surface area contributed by atoms with Gasteiger partial charge in [-0.1, -0.05) is 13.8 Å². The van der Waals surface area contributed by atoms with Gasteiger partial charge in [0.05, 0.1) is 32.3 Å². The fraction of sp³-hybridized carbons (Fsp3) is 0.400. The summed E-state index contributed by atoms with van der Waals surface area (Å²) in [4.78, 5) is 25.6. The van der Waals surface area contributed by atoms with Crippen molar-refractivity contribution in [1.29, 1.82) is 0 Å². The Morgan fingerprint density at radius 1 is 1.13 bits per heavy atom. The van der Waals surface area contributed by atoms with E-state index in [0.717, 1.165) is 12.8 Å². The van der Waals surface area contributed by atoms with Crippen LogP contribution in [-0.2, 0) is 6.54 Å². The summed E-state index contributed by atoms with van der Waals surface area (Å²) >= 11 is 1.33. The fourth-order valence-corrected chi connectivity index (χ4v) is 3.71. The first-order chi connectivity index (χ1) is 14.5. The topological polar surface area (TPSA) is 105 Å². The molecule has 30 heavy (non-hydrogen) atoms. The Kier molecular flexibility index (Phi) is 6.88. The van der Waals surface area contributed by atoms with Gasteiger partial charge in [0.1, 0.15) is 10.5 Å². The molecule has 0 aliphatic heterocycles. The van der Waals surface area contributed by atoms with Gasteiger partial charge in [0.15, 0.2) is 17.2 Å². The molecule has 3 aromatic rings. The van der Waals surface area contributed by atoms with E-state index in [1.165, 1.54) is 25.6 Å². The minimum atomic E-state index is -0.656. The first kappa shape index (κ1) is 21.6. The van der Waals surface area contributed by atoms with Crippen LogP contribution in [0.5, 0.6) is 17.2 Å². The first-order valence-electron chi connectivity index (χ1n) is 9.53. The Bertz CT molecular complexity index is 1080. The number of benzene rings is 1. The van der Waals surface area contributed by atoms with Gasteiger partial charge in [0.2, 0.25) is 0 Å². The molecule has 0 spiro atoms. The summed E-state index contributed by atoms with van der Waals surface area (Å²) in [6.07, 6.45) is 2.45. The normalized spacial score (nSPS) is 11.0. The molecule has 9 nitrogen and oxygen atoms in total. The molecule has 10 heteroatoms. The summed E-state index contributed by atoms with van der Waals surface area (Å²) < 4.78 is 17.9. The maximum Gasteiger partial charge on any atom is 0.413 e. The molecule has 0 unspecified atom stereocenters. The third kappa shape index (κ3) is 4.38. The molecule has 0 radical (unpaired) electrons. The molecular weight excluding hydrogens is 408 g/mol. The Hall–Kier alpha value is -3.14. The maximum absolute atomic E-state index is 13.2. The number of fused-ring (bicyclic) bond motifs is 1. The molecular formula is C20H24N4O5S. The summed E-state index contributed by atoms with van der Waals surface area (Å²) in [6.45, 7) is 4.22. The second kappa shape index (κ2) is 9.57. The number of rotatable bonds is 8. The highest BCUT2D eigenvalue weighted by atomic mass is 32.1. The molecule has 0 atom stereocenters. The van der Waals surface area contributed by atoms with Crippen LogP contribution in [0.15, 0.2) is 28.6 Å². The standard InChI is InChI=1S/C20H24N4O5S/c1-5-12(6-2)24-10-17(29-20(26)21-9-18-23-22-11-30-18)13-7-15(27-3)16(28-4)8-14(13)19(24)25/h7-8,10-12H,5-6,9H2,1-4H3,(H,21,26). The monoisotopic (exact) mass is 432 g/mol. The second-order valence-corrected chi connectivity index (χ2v) is 7.42. The molecule has 1 amide bonds. The van der Waals surface area contributed by atoms with Crippen LogP contribution < -0.4 is 25.1 Å². The van der Waals surface area contributed by atoms with E-state index in [1.807, 2.05) is 13.8 Å². The molecule has 0 fully saturated rings. The molecule has 1 N–H and O–H groups in total.